The molecule has 0 unspecified atom stereocenters. The van der Waals surface area contributed by atoms with Crippen molar-refractivity contribution in [3.63, 3.8) is 0 Å². The Labute approximate surface area is 169 Å². The highest BCUT2D eigenvalue weighted by Crippen LogP contribution is 2.32. The molecule has 10 heteroatoms. The lowest BCUT2D eigenvalue weighted by molar-refractivity contribution is -0.137. The van der Waals surface area contributed by atoms with E-state index in [0.29, 0.717) is 30.3 Å². The van der Waals surface area contributed by atoms with E-state index in [1.807, 2.05) is 24.3 Å². The third-order valence-electron chi connectivity index (χ3n) is 4.30. The molecule has 4 rings (SSSR count). The minimum absolute atomic E-state index is 0.0288. The molecule has 1 aromatic heterocycles. The van der Waals surface area contributed by atoms with Crippen LogP contribution in [0, 0.1) is 0 Å². The van der Waals surface area contributed by atoms with Crippen LogP contribution in [0.5, 0.6) is 11.5 Å². The molecule has 0 fully saturated rings. The average Bonchev–Trinajstić information content (AvgIpc) is 3.14. The maximum Gasteiger partial charge on any atom is 0.416 e. The number of fused-ring (bicyclic) bond motifs is 1. The molecule has 0 radical (unpaired) electrons. The summed E-state index contributed by atoms with van der Waals surface area (Å²) >= 11 is 0. The molecule has 1 aliphatic rings. The molecule has 2 amide bonds. The predicted octanol–water partition coefficient (Wildman–Crippen LogP) is 4.39. The lowest BCUT2D eigenvalue weighted by atomic mass is 10.2. The van der Waals surface area contributed by atoms with E-state index >= 15 is 0 Å². The summed E-state index contributed by atoms with van der Waals surface area (Å²) in [4.78, 5) is 12.1. The molecule has 2 aromatic carbocycles. The van der Waals surface area contributed by atoms with Gasteiger partial charge in [0.2, 0.25) is 0 Å². The fraction of sp³-hybridized carbons (Fsp3) is 0.200. The number of aromatic nitrogens is 2. The van der Waals surface area contributed by atoms with E-state index in [1.54, 1.807) is 10.9 Å². The topological polar surface area (TPSA) is 77.4 Å². The van der Waals surface area contributed by atoms with Gasteiger partial charge in [-0.25, -0.2) is 4.79 Å². The zero-order valence-corrected chi connectivity index (χ0v) is 15.5. The second-order valence-electron chi connectivity index (χ2n) is 6.61. The summed E-state index contributed by atoms with van der Waals surface area (Å²) in [6, 6.07) is 11.1. The van der Waals surface area contributed by atoms with E-state index in [2.05, 4.69) is 15.7 Å². The fourth-order valence-electron chi connectivity index (χ4n) is 2.96. The standard InChI is InChI=1S/C20H17F3N4O3/c21-20(22,23)13-4-3-5-14(8-13)25-19(28)26-15-9-24-27(10-15)11-16-12-29-17-6-1-2-7-18(17)30-16/h1-10,16H,11-12H2,(H2,25,26,28)/t16-/m1/s1. The Morgan fingerprint density at radius 1 is 1.10 bits per heavy atom. The van der Waals surface area contributed by atoms with Gasteiger partial charge in [0.05, 0.1) is 24.0 Å². The van der Waals surface area contributed by atoms with E-state index in [4.69, 9.17) is 9.47 Å². The third-order valence-corrected chi connectivity index (χ3v) is 4.30. The normalized spacial score (nSPS) is 15.5. The van der Waals surface area contributed by atoms with E-state index in [1.165, 1.54) is 18.3 Å². The summed E-state index contributed by atoms with van der Waals surface area (Å²) in [5.41, 5.74) is -0.429. The number of alkyl halides is 3. The Morgan fingerprint density at radius 2 is 1.87 bits per heavy atom. The van der Waals surface area contributed by atoms with Gasteiger partial charge in [-0.15, -0.1) is 0 Å². The molecule has 2 heterocycles. The molecule has 0 bridgehead atoms. The van der Waals surface area contributed by atoms with Crippen LogP contribution >= 0.6 is 0 Å². The summed E-state index contributed by atoms with van der Waals surface area (Å²) in [6.45, 7) is 0.751. The quantitative estimate of drug-likeness (QED) is 0.659. The van der Waals surface area contributed by atoms with Crippen LogP contribution in [-0.2, 0) is 12.7 Å². The smallest absolute Gasteiger partial charge is 0.416 e. The molecule has 0 spiro atoms. The number of carbonyl (C=O) groups excluding carboxylic acids is 1. The molecule has 0 saturated heterocycles. The minimum Gasteiger partial charge on any atom is -0.486 e. The highest BCUT2D eigenvalue weighted by atomic mass is 19.4. The maximum atomic E-state index is 12.8. The number of halogens is 3. The highest BCUT2D eigenvalue weighted by Gasteiger charge is 2.30. The number of anilines is 2. The zero-order chi connectivity index (χ0) is 21.1. The Kier molecular flexibility index (Phi) is 5.21. The molecule has 3 aromatic rings. The van der Waals surface area contributed by atoms with E-state index < -0.39 is 17.8 Å². The van der Waals surface area contributed by atoms with E-state index in [0.717, 1.165) is 12.1 Å². The Bertz CT molecular complexity index is 1050. The molecule has 0 aliphatic carbocycles. The second-order valence-corrected chi connectivity index (χ2v) is 6.61. The minimum atomic E-state index is -4.49. The monoisotopic (exact) mass is 418 g/mol. The fourth-order valence-corrected chi connectivity index (χ4v) is 2.96. The van der Waals surface area contributed by atoms with Crippen molar-refractivity contribution in [3.8, 4) is 11.5 Å². The van der Waals surface area contributed by atoms with Crippen LogP contribution in [0.4, 0.5) is 29.3 Å². The van der Waals surface area contributed by atoms with Gasteiger partial charge in [0.1, 0.15) is 6.61 Å². The van der Waals surface area contributed by atoms with Crippen LogP contribution in [0.25, 0.3) is 0 Å². The Morgan fingerprint density at radius 3 is 2.67 bits per heavy atom. The van der Waals surface area contributed by atoms with Crippen LogP contribution < -0.4 is 20.1 Å². The van der Waals surface area contributed by atoms with Crippen molar-refractivity contribution in [2.45, 2.75) is 18.8 Å². The molecular weight excluding hydrogens is 401 g/mol. The van der Waals surface area contributed by atoms with Gasteiger partial charge < -0.3 is 20.1 Å². The van der Waals surface area contributed by atoms with Gasteiger partial charge >= 0.3 is 12.2 Å². The first kappa shape index (κ1) is 19.6. The van der Waals surface area contributed by atoms with Crippen molar-refractivity contribution in [1.29, 1.82) is 0 Å². The van der Waals surface area contributed by atoms with Gasteiger partial charge in [-0.3, -0.25) is 4.68 Å². The van der Waals surface area contributed by atoms with Gasteiger partial charge in [-0.2, -0.15) is 18.3 Å². The summed E-state index contributed by atoms with van der Waals surface area (Å²) in [5.74, 6) is 1.34. The molecule has 1 atom stereocenters. The molecule has 1 aliphatic heterocycles. The van der Waals surface area contributed by atoms with Crippen LogP contribution in [0.15, 0.2) is 60.9 Å². The van der Waals surface area contributed by atoms with Crippen LogP contribution in [0.1, 0.15) is 5.56 Å². The Balaban J connectivity index is 1.33. The number of carbonyl (C=O) groups is 1. The van der Waals surface area contributed by atoms with Crippen LogP contribution in [0.2, 0.25) is 0 Å². The first-order valence-corrected chi connectivity index (χ1v) is 9.03. The van der Waals surface area contributed by atoms with Crippen molar-refractivity contribution in [1.82, 2.24) is 9.78 Å². The van der Waals surface area contributed by atoms with E-state index in [-0.39, 0.29) is 11.8 Å². The first-order chi connectivity index (χ1) is 14.4. The molecule has 0 saturated carbocycles. The molecule has 156 valence electrons. The second kappa shape index (κ2) is 7.97. The van der Waals surface area contributed by atoms with Gasteiger partial charge in [0.25, 0.3) is 0 Å². The average molecular weight is 418 g/mol. The van der Waals surface area contributed by atoms with E-state index in [9.17, 15) is 18.0 Å². The van der Waals surface area contributed by atoms with Gasteiger partial charge in [-0.05, 0) is 30.3 Å². The van der Waals surface area contributed by atoms with Gasteiger partial charge in [-0.1, -0.05) is 18.2 Å². The van der Waals surface area contributed by atoms with Crippen molar-refractivity contribution in [2.24, 2.45) is 0 Å². The van der Waals surface area contributed by atoms with Crippen LogP contribution in [0.3, 0.4) is 0 Å². The van der Waals surface area contributed by atoms with Crippen LogP contribution in [-0.4, -0.2) is 28.5 Å². The first-order valence-electron chi connectivity index (χ1n) is 9.03. The lowest BCUT2D eigenvalue weighted by Crippen LogP contribution is -2.33. The zero-order valence-electron chi connectivity index (χ0n) is 15.5. The van der Waals surface area contributed by atoms with Crippen molar-refractivity contribution in [3.05, 3.63) is 66.5 Å². The highest BCUT2D eigenvalue weighted by molar-refractivity contribution is 5.99. The Hall–Kier alpha value is -3.69. The number of hydrogen-bond donors (Lipinski definition) is 2. The van der Waals surface area contributed by atoms with Crippen molar-refractivity contribution < 1.29 is 27.4 Å². The number of benzene rings is 2. The number of amides is 2. The molecule has 2 N–H and O–H groups in total. The molecule has 30 heavy (non-hydrogen) atoms. The summed E-state index contributed by atoms with van der Waals surface area (Å²) in [5, 5.41) is 9.07. The summed E-state index contributed by atoms with van der Waals surface area (Å²) in [6.07, 6.45) is -1.72. The number of urea groups is 1. The van der Waals surface area contributed by atoms with Crippen molar-refractivity contribution >= 4 is 17.4 Å². The number of ether oxygens (including phenoxy) is 2. The SMILES string of the molecule is O=C(Nc1cccc(C(F)(F)F)c1)Nc1cnn(C[C@@H]2COc3ccccc3O2)c1. The van der Waals surface area contributed by atoms with Gasteiger partial charge in [0.15, 0.2) is 17.6 Å². The molecule has 7 nitrogen and oxygen atoms in total. The molecular formula is C20H17F3N4O3. The number of rotatable bonds is 4. The summed E-state index contributed by atoms with van der Waals surface area (Å²) < 4.78 is 51.4. The van der Waals surface area contributed by atoms with Crippen molar-refractivity contribution in [2.75, 3.05) is 17.2 Å². The predicted molar refractivity (Wildman–Crippen MR) is 103 cm³/mol. The number of hydrogen-bond acceptors (Lipinski definition) is 4. The summed E-state index contributed by atoms with van der Waals surface area (Å²) in [7, 11) is 0. The maximum absolute atomic E-state index is 12.8. The lowest BCUT2D eigenvalue weighted by Gasteiger charge is -2.26. The number of nitrogens with one attached hydrogen (secondary N) is 2. The van der Waals surface area contributed by atoms with Gasteiger partial charge in [0, 0.05) is 11.9 Å². The number of para-hydroxylation sites is 2. The number of nitrogens with zero attached hydrogens (tertiary/aromatic N) is 2. The third kappa shape index (κ3) is 4.65. The largest absolute Gasteiger partial charge is 0.486 e.